The van der Waals surface area contributed by atoms with E-state index >= 15 is 0 Å². The molecule has 1 aliphatic heterocycles. The third-order valence-electron chi connectivity index (χ3n) is 3.56. The lowest BCUT2D eigenvalue weighted by molar-refractivity contribution is 0.0352. The van der Waals surface area contributed by atoms with Gasteiger partial charge in [0.05, 0.1) is 32.8 Å². The average molecular weight is 374 g/mol. The van der Waals surface area contributed by atoms with Gasteiger partial charge in [0, 0.05) is 13.1 Å². The van der Waals surface area contributed by atoms with Gasteiger partial charge in [0.25, 0.3) is 5.56 Å². The molecule has 0 aliphatic carbocycles. The number of ether oxygens (including phenoxy) is 2. The van der Waals surface area contributed by atoms with E-state index in [4.69, 9.17) is 19.7 Å². The zero-order valence-corrected chi connectivity index (χ0v) is 14.2. The number of nitrogens with one attached hydrogen (secondary N) is 1. The monoisotopic (exact) mass is 374 g/mol. The van der Waals surface area contributed by atoms with Gasteiger partial charge >= 0.3 is 7.75 Å². The van der Waals surface area contributed by atoms with Gasteiger partial charge in [-0.2, -0.15) is 4.98 Å². The van der Waals surface area contributed by atoms with Crippen molar-refractivity contribution in [2.45, 2.75) is 6.73 Å². The number of aromatic amines is 1. The quantitative estimate of drug-likeness (QED) is 0.411. The third-order valence-corrected chi connectivity index (χ3v) is 5.19. The molecule has 0 spiro atoms. The van der Waals surface area contributed by atoms with Crippen LogP contribution in [0.25, 0.3) is 11.2 Å². The van der Waals surface area contributed by atoms with Crippen LogP contribution in [-0.2, 0) is 25.3 Å². The van der Waals surface area contributed by atoms with Gasteiger partial charge in [0.1, 0.15) is 6.73 Å². The maximum Gasteiger partial charge on any atom is 0.405 e. The zero-order chi connectivity index (χ0) is 17.9. The number of nitrogens with two attached hydrogens (primary N) is 1. The lowest BCUT2D eigenvalue weighted by Gasteiger charge is -2.29. The summed E-state index contributed by atoms with van der Waals surface area (Å²) in [7, 11) is -3.84. The highest BCUT2D eigenvalue weighted by atomic mass is 31.2. The van der Waals surface area contributed by atoms with E-state index in [2.05, 4.69) is 15.0 Å². The van der Waals surface area contributed by atoms with Gasteiger partial charge in [0.15, 0.2) is 11.2 Å². The summed E-state index contributed by atoms with van der Waals surface area (Å²) in [6.07, 6.45) is 1.40. The number of nitrogen functional groups attached to an aromatic ring is 1. The Morgan fingerprint density at radius 3 is 2.92 bits per heavy atom. The van der Waals surface area contributed by atoms with Crippen molar-refractivity contribution in [3.05, 3.63) is 16.7 Å². The number of aromatic nitrogens is 4. The number of nitrogens with zero attached hydrogens (tertiary/aromatic N) is 4. The van der Waals surface area contributed by atoms with Gasteiger partial charge < -0.3 is 20.1 Å². The topological polar surface area (TPSA) is 158 Å². The van der Waals surface area contributed by atoms with E-state index in [0.717, 1.165) is 0 Å². The number of H-pyrrole nitrogens is 1. The van der Waals surface area contributed by atoms with Crippen LogP contribution in [0.1, 0.15) is 0 Å². The highest BCUT2D eigenvalue weighted by Gasteiger charge is 2.30. The Morgan fingerprint density at radius 2 is 2.16 bits per heavy atom. The van der Waals surface area contributed by atoms with Crippen molar-refractivity contribution in [3.8, 4) is 0 Å². The van der Waals surface area contributed by atoms with Crippen LogP contribution in [0.15, 0.2) is 11.1 Å². The fourth-order valence-corrected chi connectivity index (χ4v) is 3.48. The third kappa shape index (κ3) is 4.24. The fraction of sp³-hybridized carbons (Fsp3) is 0.583. The second-order valence-electron chi connectivity index (χ2n) is 5.26. The van der Waals surface area contributed by atoms with Crippen LogP contribution in [0.2, 0.25) is 0 Å². The van der Waals surface area contributed by atoms with Crippen LogP contribution in [0.3, 0.4) is 0 Å². The smallest absolute Gasteiger partial charge is 0.379 e. The molecule has 1 saturated heterocycles. The molecule has 0 bridgehead atoms. The molecule has 0 aromatic carbocycles. The number of hydrogen-bond acceptors (Lipinski definition) is 8. The fourth-order valence-electron chi connectivity index (χ4n) is 2.33. The van der Waals surface area contributed by atoms with Gasteiger partial charge in [-0.1, -0.05) is 0 Å². The summed E-state index contributed by atoms with van der Waals surface area (Å²) in [5.74, 6) is -0.0192. The lowest BCUT2D eigenvalue weighted by atomic mass is 10.5. The molecule has 1 fully saturated rings. The molecule has 12 nitrogen and oxygen atoms in total. The summed E-state index contributed by atoms with van der Waals surface area (Å²) in [4.78, 5) is 31.9. The van der Waals surface area contributed by atoms with Crippen LogP contribution < -0.4 is 11.3 Å². The van der Waals surface area contributed by atoms with Crippen molar-refractivity contribution in [1.82, 2.24) is 24.2 Å². The normalized spacial score (nSPS) is 18.4. The van der Waals surface area contributed by atoms with Crippen LogP contribution in [-0.4, -0.2) is 68.6 Å². The highest BCUT2D eigenvalue weighted by Crippen LogP contribution is 2.46. The number of morpholine rings is 1. The first kappa shape index (κ1) is 18.0. The van der Waals surface area contributed by atoms with Crippen molar-refractivity contribution in [2.75, 3.05) is 45.3 Å². The molecule has 4 N–H and O–H groups in total. The summed E-state index contributed by atoms with van der Waals surface area (Å²) < 4.78 is 30.5. The number of fused-ring (bicyclic) bond motifs is 1. The Kier molecular flexibility index (Phi) is 5.47. The molecule has 13 heteroatoms. The van der Waals surface area contributed by atoms with Crippen molar-refractivity contribution >= 4 is 24.9 Å². The second kappa shape index (κ2) is 7.60. The highest BCUT2D eigenvalue weighted by molar-refractivity contribution is 7.50. The van der Waals surface area contributed by atoms with Crippen LogP contribution in [0.4, 0.5) is 5.95 Å². The first-order chi connectivity index (χ1) is 12.0. The Morgan fingerprint density at radius 1 is 1.40 bits per heavy atom. The molecule has 0 amide bonds. The largest absolute Gasteiger partial charge is 0.405 e. The predicted molar refractivity (Wildman–Crippen MR) is 86.7 cm³/mol. The molecule has 0 saturated carbocycles. The number of anilines is 1. The predicted octanol–water partition coefficient (Wildman–Crippen LogP) is -0.875. The second-order valence-corrected chi connectivity index (χ2v) is 7.07. The molecule has 1 atom stereocenters. The standard InChI is InChI=1S/C12H19N6O6P/c13-12-15-10-9(11(19)16-12)14-7-17(10)8-23-5-6-24-25(20,21)18-1-3-22-4-2-18/h7H,1-6,8H2,(H,20,21)(H3,13,15,16,19). The summed E-state index contributed by atoms with van der Waals surface area (Å²) in [5, 5.41) is 0. The molecule has 1 aliphatic rings. The molecule has 3 rings (SSSR count). The Hall–Kier alpha value is -1.82. The molecule has 25 heavy (non-hydrogen) atoms. The molecule has 3 heterocycles. The number of imidazole rings is 1. The Balaban J connectivity index is 1.49. The van der Waals surface area contributed by atoms with Crippen LogP contribution in [0, 0.1) is 0 Å². The van der Waals surface area contributed by atoms with Crippen molar-refractivity contribution < 1.29 is 23.5 Å². The maximum absolute atomic E-state index is 12.1. The van der Waals surface area contributed by atoms with E-state index in [1.165, 1.54) is 15.6 Å². The molecule has 138 valence electrons. The van der Waals surface area contributed by atoms with Crippen LogP contribution >= 0.6 is 7.75 Å². The SMILES string of the molecule is Nc1nc2c(ncn2COCCOP(=O)(O)N2CCOCC2)c(=O)[nH]1. The van der Waals surface area contributed by atoms with E-state index in [1.807, 2.05) is 0 Å². The molecular weight excluding hydrogens is 355 g/mol. The number of hydrogen-bond donors (Lipinski definition) is 3. The zero-order valence-electron chi connectivity index (χ0n) is 13.3. The van der Waals surface area contributed by atoms with E-state index < -0.39 is 13.3 Å². The minimum Gasteiger partial charge on any atom is -0.379 e. The first-order valence-electron chi connectivity index (χ1n) is 7.56. The maximum atomic E-state index is 12.1. The van der Waals surface area contributed by atoms with Gasteiger partial charge in [-0.05, 0) is 0 Å². The average Bonchev–Trinajstić information content (AvgIpc) is 2.98. The molecule has 2 aromatic rings. The molecule has 1 unspecified atom stereocenters. The van der Waals surface area contributed by atoms with Gasteiger partial charge in [-0.3, -0.25) is 18.9 Å². The minimum absolute atomic E-state index is 0.0192. The molecule has 2 aromatic heterocycles. The minimum atomic E-state index is -3.84. The van der Waals surface area contributed by atoms with E-state index in [9.17, 15) is 14.3 Å². The van der Waals surface area contributed by atoms with Crippen LogP contribution in [0.5, 0.6) is 0 Å². The van der Waals surface area contributed by atoms with Crippen molar-refractivity contribution in [1.29, 1.82) is 0 Å². The first-order valence-corrected chi connectivity index (χ1v) is 9.09. The van der Waals surface area contributed by atoms with E-state index in [1.54, 1.807) is 0 Å². The molecule has 0 radical (unpaired) electrons. The lowest BCUT2D eigenvalue weighted by Crippen LogP contribution is -2.34. The summed E-state index contributed by atoms with van der Waals surface area (Å²) in [5.41, 5.74) is 5.52. The van der Waals surface area contributed by atoms with Crippen molar-refractivity contribution in [2.24, 2.45) is 0 Å². The summed E-state index contributed by atoms with van der Waals surface area (Å²) >= 11 is 0. The Labute approximate surface area is 142 Å². The van der Waals surface area contributed by atoms with E-state index in [-0.39, 0.29) is 31.4 Å². The molecular formula is C12H19N6O6P. The van der Waals surface area contributed by atoms with Crippen molar-refractivity contribution in [3.63, 3.8) is 0 Å². The van der Waals surface area contributed by atoms with Gasteiger partial charge in [0.2, 0.25) is 5.95 Å². The van der Waals surface area contributed by atoms with Gasteiger partial charge in [-0.15, -0.1) is 0 Å². The van der Waals surface area contributed by atoms with Gasteiger partial charge in [-0.25, -0.2) is 14.2 Å². The van der Waals surface area contributed by atoms with E-state index in [0.29, 0.717) is 32.0 Å². The summed E-state index contributed by atoms with van der Waals surface area (Å²) in [6.45, 7) is 1.54. The summed E-state index contributed by atoms with van der Waals surface area (Å²) in [6, 6.07) is 0. The Bertz CT molecular complexity index is 831. The number of rotatable bonds is 7.